The van der Waals surface area contributed by atoms with Gasteiger partial charge in [0.2, 0.25) is 0 Å². The van der Waals surface area contributed by atoms with Crippen molar-refractivity contribution in [2.75, 3.05) is 47.0 Å². The van der Waals surface area contributed by atoms with Gasteiger partial charge in [-0.3, -0.25) is 0 Å². The summed E-state index contributed by atoms with van der Waals surface area (Å²) < 4.78 is 17.9. The molecular weight excluding hydrogens is 546 g/mol. The number of rotatable bonds is 29. The van der Waals surface area contributed by atoms with Crippen LogP contribution in [0.3, 0.4) is 0 Å². The van der Waals surface area contributed by atoms with Crippen LogP contribution in [0.15, 0.2) is 0 Å². The molecule has 8 nitrogen and oxygen atoms in total. The Balaban J connectivity index is 2.18. The van der Waals surface area contributed by atoms with Crippen molar-refractivity contribution < 1.29 is 39.1 Å². The molecular formula is C35H72NO7+. The highest BCUT2D eigenvalue weighted by Crippen LogP contribution is 2.23. The molecule has 1 rings (SSSR count). The predicted molar refractivity (Wildman–Crippen MR) is 175 cm³/mol. The van der Waals surface area contributed by atoms with Gasteiger partial charge in [-0.05, 0) is 19.3 Å². The third-order valence-electron chi connectivity index (χ3n) is 8.86. The Morgan fingerprint density at radius 2 is 1.09 bits per heavy atom. The minimum Gasteiger partial charge on any atom is -0.387 e. The van der Waals surface area contributed by atoms with Crippen molar-refractivity contribution in [3.8, 4) is 0 Å². The molecule has 0 spiro atoms. The molecule has 43 heavy (non-hydrogen) atoms. The van der Waals surface area contributed by atoms with Gasteiger partial charge in [0, 0.05) is 6.61 Å². The van der Waals surface area contributed by atoms with Gasteiger partial charge in [-0.25, -0.2) is 0 Å². The van der Waals surface area contributed by atoms with E-state index in [2.05, 4.69) is 27.9 Å². The third-order valence-corrected chi connectivity index (χ3v) is 8.86. The van der Waals surface area contributed by atoms with Gasteiger partial charge in [-0.1, -0.05) is 123 Å². The normalized spacial score (nSPS) is 23.6. The average Bonchev–Trinajstić information content (AvgIpc) is 2.97. The number of nitrogens with zero attached hydrogens (tertiary/aromatic N) is 1. The molecule has 0 aromatic heterocycles. The van der Waals surface area contributed by atoms with Gasteiger partial charge in [-0.15, -0.1) is 0 Å². The molecule has 0 saturated carbocycles. The Kier molecular flexibility index (Phi) is 24.4. The maximum absolute atomic E-state index is 10.6. The van der Waals surface area contributed by atoms with E-state index in [4.69, 9.17) is 14.2 Å². The molecule has 1 aliphatic rings. The quantitative estimate of drug-likeness (QED) is 0.0592. The number of quaternary nitrogens is 1. The summed E-state index contributed by atoms with van der Waals surface area (Å²) in [6, 6.07) is 0. The minimum absolute atomic E-state index is 0.00575. The average molecular weight is 619 g/mol. The van der Waals surface area contributed by atoms with E-state index in [1.54, 1.807) is 0 Å². The van der Waals surface area contributed by atoms with Crippen LogP contribution in [0.4, 0.5) is 0 Å². The molecule has 0 aliphatic carbocycles. The monoisotopic (exact) mass is 619 g/mol. The fourth-order valence-corrected chi connectivity index (χ4v) is 6.04. The van der Waals surface area contributed by atoms with E-state index in [0.717, 1.165) is 36.7 Å². The molecule has 4 N–H and O–H groups in total. The molecule has 0 bridgehead atoms. The number of hydrogen-bond donors (Lipinski definition) is 4. The van der Waals surface area contributed by atoms with E-state index in [0.29, 0.717) is 13.2 Å². The maximum Gasteiger partial charge on any atom is 0.186 e. The second-order valence-corrected chi connectivity index (χ2v) is 13.8. The van der Waals surface area contributed by atoms with Crippen LogP contribution in [0.5, 0.6) is 0 Å². The summed E-state index contributed by atoms with van der Waals surface area (Å²) in [5, 5.41) is 41.7. The van der Waals surface area contributed by atoms with Gasteiger partial charge in [0.15, 0.2) is 6.29 Å². The summed E-state index contributed by atoms with van der Waals surface area (Å²) >= 11 is 0. The van der Waals surface area contributed by atoms with Crippen LogP contribution in [-0.4, -0.2) is 109 Å². The molecule has 0 aromatic rings. The number of unbranched alkanes of at least 4 members (excludes halogenated alkanes) is 18. The van der Waals surface area contributed by atoms with Gasteiger partial charge in [-0.2, -0.15) is 0 Å². The van der Waals surface area contributed by atoms with Crippen LogP contribution in [0, 0.1) is 0 Å². The van der Waals surface area contributed by atoms with E-state index < -0.39 is 36.8 Å². The van der Waals surface area contributed by atoms with Gasteiger partial charge in [0.25, 0.3) is 0 Å². The summed E-state index contributed by atoms with van der Waals surface area (Å²) in [5.74, 6) is 0. The highest BCUT2D eigenvalue weighted by atomic mass is 16.7. The van der Waals surface area contributed by atoms with Crippen LogP contribution in [-0.2, 0) is 14.2 Å². The third kappa shape index (κ3) is 20.4. The SMILES string of the molecule is CCCCCCCCCCCCCC[N+](C)(C)CC(O)COC[C@H]1O[C@@H](OCCCCCCCCCC)[C@H](O)[C@@H](O)[C@@H]1O. The zero-order valence-electron chi connectivity index (χ0n) is 28.6. The first kappa shape index (κ1) is 40.7. The smallest absolute Gasteiger partial charge is 0.186 e. The Morgan fingerprint density at radius 3 is 1.60 bits per heavy atom. The van der Waals surface area contributed by atoms with Gasteiger partial charge < -0.3 is 39.1 Å². The van der Waals surface area contributed by atoms with Gasteiger partial charge >= 0.3 is 0 Å². The summed E-state index contributed by atoms with van der Waals surface area (Å²) in [5.41, 5.74) is 0. The summed E-state index contributed by atoms with van der Waals surface area (Å²) in [7, 11) is 4.28. The lowest BCUT2D eigenvalue weighted by molar-refractivity contribution is -0.893. The van der Waals surface area contributed by atoms with Gasteiger partial charge in [0.1, 0.15) is 37.1 Å². The Morgan fingerprint density at radius 1 is 0.628 bits per heavy atom. The number of aliphatic hydroxyl groups excluding tert-OH is 4. The summed E-state index contributed by atoms with van der Waals surface area (Å²) in [4.78, 5) is 0. The standard InChI is InChI=1S/C35H72NO7/c1-5-7-9-11-13-15-16-17-18-19-21-23-25-36(3,4)27-30(37)28-41-29-31-32(38)33(39)34(40)35(43-31)42-26-24-22-20-14-12-10-8-6-2/h30-35,37-40H,5-29H2,1-4H3/q+1/t30?,31-,32-,33+,34-,35-/m1/s1. The number of likely N-dealkylation sites (N-methyl/N-ethyl adjacent to an activating group) is 1. The second-order valence-electron chi connectivity index (χ2n) is 13.8. The highest BCUT2D eigenvalue weighted by Gasteiger charge is 2.44. The first-order valence-electron chi connectivity index (χ1n) is 18.1. The lowest BCUT2D eigenvalue weighted by atomic mass is 9.99. The highest BCUT2D eigenvalue weighted by molar-refractivity contribution is 4.89. The Bertz CT molecular complexity index is 623. The molecule has 1 saturated heterocycles. The topological polar surface area (TPSA) is 109 Å². The lowest BCUT2D eigenvalue weighted by Gasteiger charge is -2.40. The fourth-order valence-electron chi connectivity index (χ4n) is 6.04. The van der Waals surface area contributed by atoms with Crippen LogP contribution in [0.25, 0.3) is 0 Å². The van der Waals surface area contributed by atoms with Crippen LogP contribution in [0.2, 0.25) is 0 Å². The largest absolute Gasteiger partial charge is 0.387 e. The predicted octanol–water partition coefficient (Wildman–Crippen LogP) is 6.11. The van der Waals surface area contributed by atoms with Crippen molar-refractivity contribution in [1.29, 1.82) is 0 Å². The van der Waals surface area contributed by atoms with Crippen molar-refractivity contribution in [3.05, 3.63) is 0 Å². The number of ether oxygens (including phenoxy) is 3. The first-order chi connectivity index (χ1) is 20.7. The molecule has 8 heteroatoms. The summed E-state index contributed by atoms with van der Waals surface area (Å²) in [6.07, 6.45) is 19.0. The molecule has 258 valence electrons. The second kappa shape index (κ2) is 25.8. The van der Waals surface area contributed by atoms with Crippen LogP contribution in [0.1, 0.15) is 142 Å². The molecule has 1 fully saturated rings. The minimum atomic E-state index is -1.37. The molecule has 0 amide bonds. The van der Waals surface area contributed by atoms with E-state index >= 15 is 0 Å². The van der Waals surface area contributed by atoms with E-state index in [-0.39, 0.29) is 13.2 Å². The number of hydrogen-bond acceptors (Lipinski definition) is 7. The van der Waals surface area contributed by atoms with E-state index in [1.165, 1.54) is 103 Å². The Hall–Kier alpha value is -0.320. The maximum atomic E-state index is 10.6. The number of aliphatic hydroxyl groups is 4. The van der Waals surface area contributed by atoms with Crippen LogP contribution < -0.4 is 0 Å². The zero-order valence-corrected chi connectivity index (χ0v) is 28.6. The van der Waals surface area contributed by atoms with Gasteiger partial charge in [0.05, 0.1) is 33.9 Å². The van der Waals surface area contributed by atoms with Crippen LogP contribution >= 0.6 is 0 Å². The van der Waals surface area contributed by atoms with Crippen molar-refractivity contribution >= 4 is 0 Å². The van der Waals surface area contributed by atoms with Crippen molar-refractivity contribution in [3.63, 3.8) is 0 Å². The zero-order chi connectivity index (χ0) is 31.8. The molecule has 6 atom stereocenters. The van der Waals surface area contributed by atoms with E-state index in [9.17, 15) is 20.4 Å². The Labute approximate surface area is 265 Å². The molecule has 0 aromatic carbocycles. The summed E-state index contributed by atoms with van der Waals surface area (Å²) in [6.45, 7) is 6.64. The van der Waals surface area contributed by atoms with Crippen molar-refractivity contribution in [1.82, 2.24) is 0 Å². The van der Waals surface area contributed by atoms with Crippen molar-refractivity contribution in [2.45, 2.75) is 179 Å². The molecule has 0 radical (unpaired) electrons. The molecule has 1 heterocycles. The first-order valence-corrected chi connectivity index (χ1v) is 18.1. The van der Waals surface area contributed by atoms with Crippen molar-refractivity contribution in [2.24, 2.45) is 0 Å². The molecule has 1 aliphatic heterocycles. The molecule has 1 unspecified atom stereocenters. The fraction of sp³-hybridized carbons (Fsp3) is 1.00. The van der Waals surface area contributed by atoms with E-state index in [1.807, 2.05) is 0 Å². The lowest BCUT2D eigenvalue weighted by Crippen LogP contribution is -2.59.